The number of anilines is 2. The van der Waals surface area contributed by atoms with Crippen molar-refractivity contribution in [3.8, 4) is 0 Å². The summed E-state index contributed by atoms with van der Waals surface area (Å²) in [6.07, 6.45) is 0.857. The van der Waals surface area contributed by atoms with Crippen LogP contribution < -0.4 is 10.2 Å². The maximum Gasteiger partial charge on any atom is 0.338 e. The molecule has 2 aromatic carbocycles. The van der Waals surface area contributed by atoms with Crippen LogP contribution in [-0.4, -0.2) is 24.4 Å². The van der Waals surface area contributed by atoms with Gasteiger partial charge in [-0.25, -0.2) is 9.69 Å². The summed E-state index contributed by atoms with van der Waals surface area (Å²) in [5, 5.41) is 2.69. The molecule has 0 unspecified atom stereocenters. The molecular formula is C21H19ClN2O4. The van der Waals surface area contributed by atoms with Gasteiger partial charge in [-0.2, -0.15) is 0 Å². The average molecular weight is 399 g/mol. The molecule has 7 heteroatoms. The number of halogens is 1. The van der Waals surface area contributed by atoms with E-state index in [1.807, 2.05) is 19.1 Å². The number of amides is 2. The summed E-state index contributed by atoms with van der Waals surface area (Å²) in [4.78, 5) is 38.0. The van der Waals surface area contributed by atoms with Crippen LogP contribution in [0.4, 0.5) is 11.4 Å². The van der Waals surface area contributed by atoms with Crippen molar-refractivity contribution in [2.75, 3.05) is 16.8 Å². The Morgan fingerprint density at radius 2 is 1.64 bits per heavy atom. The van der Waals surface area contributed by atoms with E-state index in [1.54, 1.807) is 43.3 Å². The van der Waals surface area contributed by atoms with E-state index in [4.69, 9.17) is 16.3 Å². The standard InChI is InChI=1S/C21H19ClN2O4/c1-3-13-5-11-16(12-6-13)24-19(25)17(22)18(20(24)26)23-15-9-7-14(8-10-15)21(27)28-4-2/h5-12,23H,3-4H2,1-2H3. The van der Waals surface area contributed by atoms with E-state index in [-0.39, 0.29) is 17.3 Å². The average Bonchev–Trinajstić information content (AvgIpc) is 2.92. The molecule has 1 heterocycles. The third-order valence-electron chi connectivity index (χ3n) is 4.30. The zero-order valence-electron chi connectivity index (χ0n) is 15.5. The molecule has 1 aliphatic rings. The fraction of sp³-hybridized carbons (Fsp3) is 0.190. The Labute approximate surface area is 167 Å². The van der Waals surface area contributed by atoms with Gasteiger partial charge < -0.3 is 10.1 Å². The highest BCUT2D eigenvalue weighted by Crippen LogP contribution is 2.30. The van der Waals surface area contributed by atoms with Crippen molar-refractivity contribution in [2.45, 2.75) is 20.3 Å². The normalized spacial score (nSPS) is 13.9. The van der Waals surface area contributed by atoms with Crippen LogP contribution in [0.15, 0.2) is 59.3 Å². The Morgan fingerprint density at radius 3 is 2.21 bits per heavy atom. The lowest BCUT2D eigenvalue weighted by Crippen LogP contribution is -2.32. The third-order valence-corrected chi connectivity index (χ3v) is 4.65. The number of benzene rings is 2. The van der Waals surface area contributed by atoms with Gasteiger partial charge >= 0.3 is 5.97 Å². The highest BCUT2D eigenvalue weighted by molar-refractivity contribution is 6.53. The molecule has 0 aromatic heterocycles. The van der Waals surface area contributed by atoms with Crippen LogP contribution in [0.1, 0.15) is 29.8 Å². The second-order valence-corrected chi connectivity index (χ2v) is 6.46. The van der Waals surface area contributed by atoms with Gasteiger partial charge in [-0.3, -0.25) is 9.59 Å². The highest BCUT2D eigenvalue weighted by Gasteiger charge is 2.38. The second-order valence-electron chi connectivity index (χ2n) is 6.08. The molecule has 3 rings (SSSR count). The van der Waals surface area contributed by atoms with Gasteiger partial charge in [-0.05, 0) is 55.3 Å². The molecule has 0 saturated heterocycles. The van der Waals surface area contributed by atoms with Crippen molar-refractivity contribution in [3.63, 3.8) is 0 Å². The summed E-state index contributed by atoms with van der Waals surface area (Å²) in [5.74, 6) is -1.55. The molecule has 6 nitrogen and oxygen atoms in total. The zero-order chi connectivity index (χ0) is 20.3. The predicted molar refractivity (Wildman–Crippen MR) is 107 cm³/mol. The van der Waals surface area contributed by atoms with Crippen molar-refractivity contribution in [2.24, 2.45) is 0 Å². The molecule has 0 atom stereocenters. The van der Waals surface area contributed by atoms with E-state index >= 15 is 0 Å². The summed E-state index contributed by atoms with van der Waals surface area (Å²) < 4.78 is 4.93. The second kappa shape index (κ2) is 8.27. The first-order chi connectivity index (χ1) is 13.5. The summed E-state index contributed by atoms with van der Waals surface area (Å²) in [5.41, 5.74) is 2.46. The van der Waals surface area contributed by atoms with Gasteiger partial charge in [0.2, 0.25) is 0 Å². The van der Waals surface area contributed by atoms with Crippen LogP contribution in [0.2, 0.25) is 0 Å². The monoisotopic (exact) mass is 398 g/mol. The Hall–Kier alpha value is -3.12. The van der Waals surface area contributed by atoms with Crippen molar-refractivity contribution < 1.29 is 19.1 Å². The van der Waals surface area contributed by atoms with Crippen LogP contribution in [0.25, 0.3) is 0 Å². The minimum absolute atomic E-state index is 0.00452. The topological polar surface area (TPSA) is 75.7 Å². The molecule has 0 bridgehead atoms. The van der Waals surface area contributed by atoms with E-state index in [9.17, 15) is 14.4 Å². The number of carbonyl (C=O) groups excluding carboxylic acids is 3. The van der Waals surface area contributed by atoms with E-state index < -0.39 is 17.8 Å². The van der Waals surface area contributed by atoms with Gasteiger partial charge in [0.15, 0.2) is 0 Å². The fourth-order valence-electron chi connectivity index (χ4n) is 2.77. The maximum absolute atomic E-state index is 12.8. The first kappa shape index (κ1) is 19.6. The Morgan fingerprint density at radius 1 is 1.00 bits per heavy atom. The lowest BCUT2D eigenvalue weighted by molar-refractivity contribution is -0.120. The van der Waals surface area contributed by atoms with Crippen LogP contribution in [0.3, 0.4) is 0 Å². The minimum atomic E-state index is -0.582. The lowest BCUT2D eigenvalue weighted by Gasteiger charge is -2.15. The molecule has 1 N–H and O–H groups in total. The molecule has 28 heavy (non-hydrogen) atoms. The van der Waals surface area contributed by atoms with Gasteiger partial charge in [0.1, 0.15) is 10.7 Å². The molecule has 1 aliphatic heterocycles. The van der Waals surface area contributed by atoms with Gasteiger partial charge in [0.05, 0.1) is 17.9 Å². The highest BCUT2D eigenvalue weighted by atomic mass is 35.5. The predicted octanol–water partition coefficient (Wildman–Crippen LogP) is 3.86. The van der Waals surface area contributed by atoms with Crippen molar-refractivity contribution >= 4 is 40.8 Å². The van der Waals surface area contributed by atoms with Crippen LogP contribution >= 0.6 is 11.6 Å². The van der Waals surface area contributed by atoms with E-state index in [2.05, 4.69) is 5.32 Å². The number of carbonyl (C=O) groups is 3. The molecular weight excluding hydrogens is 380 g/mol. The van der Waals surface area contributed by atoms with Crippen LogP contribution in [-0.2, 0) is 20.7 Å². The zero-order valence-corrected chi connectivity index (χ0v) is 16.2. The fourth-order valence-corrected chi connectivity index (χ4v) is 2.99. The molecule has 2 amide bonds. The van der Waals surface area contributed by atoms with Crippen LogP contribution in [0.5, 0.6) is 0 Å². The number of nitrogens with zero attached hydrogens (tertiary/aromatic N) is 1. The molecule has 0 aliphatic carbocycles. The van der Waals surface area contributed by atoms with Gasteiger partial charge in [0.25, 0.3) is 11.8 Å². The maximum atomic E-state index is 12.8. The molecule has 2 aromatic rings. The summed E-state index contributed by atoms with van der Waals surface area (Å²) in [7, 11) is 0. The van der Waals surface area contributed by atoms with Crippen molar-refractivity contribution in [1.29, 1.82) is 0 Å². The summed E-state index contributed by atoms with van der Waals surface area (Å²) >= 11 is 6.13. The largest absolute Gasteiger partial charge is 0.462 e. The number of ether oxygens (including phenoxy) is 1. The molecule has 144 valence electrons. The number of hydrogen-bond donors (Lipinski definition) is 1. The quantitative estimate of drug-likeness (QED) is 0.590. The number of rotatable bonds is 6. The smallest absolute Gasteiger partial charge is 0.338 e. The Balaban J connectivity index is 1.79. The number of hydrogen-bond acceptors (Lipinski definition) is 5. The summed E-state index contributed by atoms with van der Waals surface area (Å²) in [6.45, 7) is 4.04. The first-order valence-corrected chi connectivity index (χ1v) is 9.25. The summed E-state index contributed by atoms with van der Waals surface area (Å²) in [6, 6.07) is 13.5. The Bertz CT molecular complexity index is 949. The Kier molecular flexibility index (Phi) is 5.80. The SMILES string of the molecule is CCOC(=O)c1ccc(NC2=C(Cl)C(=O)N(c3ccc(CC)cc3)C2=O)cc1. The first-order valence-electron chi connectivity index (χ1n) is 8.88. The third kappa shape index (κ3) is 3.77. The molecule has 0 spiro atoms. The van der Waals surface area contributed by atoms with Gasteiger partial charge in [-0.1, -0.05) is 30.7 Å². The number of aryl methyl sites for hydroxylation is 1. The minimum Gasteiger partial charge on any atom is -0.462 e. The van der Waals surface area contributed by atoms with E-state index in [1.165, 1.54) is 0 Å². The molecule has 0 saturated carbocycles. The van der Waals surface area contributed by atoms with Crippen molar-refractivity contribution in [1.82, 2.24) is 0 Å². The molecule has 0 radical (unpaired) electrons. The van der Waals surface area contributed by atoms with E-state index in [0.29, 0.717) is 16.9 Å². The number of esters is 1. The molecule has 0 fully saturated rings. The lowest BCUT2D eigenvalue weighted by atomic mass is 10.1. The number of imide groups is 1. The van der Waals surface area contributed by atoms with Crippen LogP contribution in [0, 0.1) is 0 Å². The van der Waals surface area contributed by atoms with E-state index in [0.717, 1.165) is 16.9 Å². The van der Waals surface area contributed by atoms with Crippen molar-refractivity contribution in [3.05, 3.63) is 70.4 Å². The van der Waals surface area contributed by atoms with Gasteiger partial charge in [-0.15, -0.1) is 0 Å². The number of nitrogens with one attached hydrogen (secondary N) is 1. The van der Waals surface area contributed by atoms with Gasteiger partial charge in [0, 0.05) is 5.69 Å².